The molecular weight excluding hydrogens is 478 g/mol. The second-order valence-electron chi connectivity index (χ2n) is 8.79. The van der Waals surface area contributed by atoms with Gasteiger partial charge >= 0.3 is 6.09 Å². The van der Waals surface area contributed by atoms with E-state index in [2.05, 4.69) is 16.4 Å². The fourth-order valence-corrected chi connectivity index (χ4v) is 5.44. The molecule has 0 radical (unpaired) electrons. The van der Waals surface area contributed by atoms with Crippen LogP contribution in [0.25, 0.3) is 0 Å². The summed E-state index contributed by atoms with van der Waals surface area (Å²) in [4.78, 5) is 32.1. The summed E-state index contributed by atoms with van der Waals surface area (Å²) in [6.45, 7) is 5.49. The van der Waals surface area contributed by atoms with Crippen molar-refractivity contribution in [2.45, 2.75) is 45.7 Å². The Morgan fingerprint density at radius 1 is 1.36 bits per heavy atom. The van der Waals surface area contributed by atoms with Gasteiger partial charge in [0.15, 0.2) is 0 Å². The number of anilines is 1. The fourth-order valence-electron chi connectivity index (χ4n) is 4.21. The summed E-state index contributed by atoms with van der Waals surface area (Å²) in [6, 6.07) is 9.90. The Labute approximate surface area is 214 Å². The third kappa shape index (κ3) is 5.86. The number of rotatable bonds is 8. The van der Waals surface area contributed by atoms with E-state index >= 15 is 0 Å². The van der Waals surface area contributed by atoms with Gasteiger partial charge in [-0.2, -0.15) is 5.26 Å². The van der Waals surface area contributed by atoms with Gasteiger partial charge in [0.25, 0.3) is 0 Å². The van der Waals surface area contributed by atoms with Crippen LogP contribution in [0.5, 0.6) is 5.75 Å². The summed E-state index contributed by atoms with van der Waals surface area (Å²) in [6.07, 6.45) is 4.03. The molecule has 3 aromatic rings. The zero-order valence-corrected chi connectivity index (χ0v) is 21.4. The molecule has 3 heterocycles. The Morgan fingerprint density at radius 2 is 2.19 bits per heavy atom. The van der Waals surface area contributed by atoms with Crippen molar-refractivity contribution in [1.29, 1.82) is 5.26 Å². The third-order valence-corrected chi connectivity index (χ3v) is 7.30. The van der Waals surface area contributed by atoms with Crippen molar-refractivity contribution in [3.63, 3.8) is 0 Å². The van der Waals surface area contributed by atoms with Crippen molar-refractivity contribution in [2.24, 2.45) is 0 Å². The number of fused-ring (bicyclic) bond motifs is 1. The van der Waals surface area contributed by atoms with Crippen LogP contribution in [-0.2, 0) is 29.0 Å². The Balaban J connectivity index is 1.35. The number of imidazole rings is 1. The number of methoxy groups -OCH3 is 1. The van der Waals surface area contributed by atoms with Gasteiger partial charge in [-0.1, -0.05) is 19.1 Å². The molecule has 2 amide bonds. The number of benzene rings is 1. The largest absolute Gasteiger partial charge is 0.497 e. The topological polar surface area (TPSA) is 109 Å². The molecule has 0 fully saturated rings. The van der Waals surface area contributed by atoms with Gasteiger partial charge < -0.3 is 24.3 Å². The number of nitrogens with zero attached hydrogens (tertiary/aromatic N) is 4. The lowest BCUT2D eigenvalue weighted by Crippen LogP contribution is -2.36. The minimum atomic E-state index is -0.387. The summed E-state index contributed by atoms with van der Waals surface area (Å²) in [5, 5.41) is 13.2. The lowest BCUT2D eigenvalue weighted by atomic mass is 9.97. The van der Waals surface area contributed by atoms with Gasteiger partial charge in [-0.15, -0.1) is 11.3 Å². The molecule has 0 saturated heterocycles. The number of carbonyl (C=O) groups is 2. The number of hydrogen-bond donors (Lipinski definition) is 1. The van der Waals surface area contributed by atoms with E-state index in [1.54, 1.807) is 18.3 Å². The van der Waals surface area contributed by atoms with Gasteiger partial charge in [0.1, 0.15) is 23.4 Å². The first-order valence-corrected chi connectivity index (χ1v) is 12.6. The smallest absolute Gasteiger partial charge is 0.410 e. The Hall–Kier alpha value is -3.84. The molecule has 10 heteroatoms. The zero-order chi connectivity index (χ0) is 25.7. The standard InChI is InChI=1S/C26H29N5O4S/c1-17(19-5-4-6-20(12-19)34-3)11-24(32)29-25-22(13-27)21-7-8-31(15-23(21)36-25)26(33)35-10-9-30-14-18(2)28-16-30/h4-6,12,14,16-17H,7-11,15H2,1-3H3,(H,29,32)/t17-/m0/s1. The molecule has 1 aliphatic rings. The highest BCUT2D eigenvalue weighted by Gasteiger charge is 2.28. The molecule has 4 rings (SSSR count). The average molecular weight is 508 g/mol. The monoisotopic (exact) mass is 507 g/mol. The minimum absolute atomic E-state index is 0.0169. The van der Waals surface area contributed by atoms with Crippen LogP contribution in [0.4, 0.5) is 9.80 Å². The van der Waals surface area contributed by atoms with Crippen LogP contribution in [0.1, 0.15) is 46.5 Å². The lowest BCUT2D eigenvalue weighted by Gasteiger charge is -2.26. The lowest BCUT2D eigenvalue weighted by molar-refractivity contribution is -0.116. The zero-order valence-electron chi connectivity index (χ0n) is 20.6. The van der Waals surface area contributed by atoms with Crippen LogP contribution in [0, 0.1) is 18.3 Å². The van der Waals surface area contributed by atoms with E-state index in [0.29, 0.717) is 36.6 Å². The Kier molecular flexibility index (Phi) is 7.90. The molecular formula is C26H29N5O4S. The molecule has 188 valence electrons. The van der Waals surface area contributed by atoms with Gasteiger partial charge in [0, 0.05) is 24.0 Å². The van der Waals surface area contributed by atoms with Crippen molar-refractivity contribution < 1.29 is 19.1 Å². The van der Waals surface area contributed by atoms with E-state index in [1.807, 2.05) is 48.9 Å². The van der Waals surface area contributed by atoms with Crippen LogP contribution < -0.4 is 10.1 Å². The summed E-state index contributed by atoms with van der Waals surface area (Å²) in [5.41, 5.74) is 3.30. The van der Waals surface area contributed by atoms with Crippen molar-refractivity contribution in [3.8, 4) is 11.8 Å². The predicted molar refractivity (Wildman–Crippen MR) is 136 cm³/mol. The number of amides is 2. The van der Waals surface area contributed by atoms with E-state index in [1.165, 1.54) is 11.3 Å². The highest BCUT2D eigenvalue weighted by molar-refractivity contribution is 7.16. The number of carbonyl (C=O) groups excluding carboxylic acids is 2. The molecule has 1 aromatic carbocycles. The number of nitrogens with one attached hydrogen (secondary N) is 1. The van der Waals surface area contributed by atoms with E-state index in [0.717, 1.165) is 27.4 Å². The van der Waals surface area contributed by atoms with E-state index in [-0.39, 0.29) is 30.9 Å². The Bertz CT molecular complexity index is 1290. The summed E-state index contributed by atoms with van der Waals surface area (Å²) in [7, 11) is 1.61. The molecule has 0 bridgehead atoms. The summed E-state index contributed by atoms with van der Waals surface area (Å²) < 4.78 is 12.6. The number of nitriles is 1. The highest BCUT2D eigenvalue weighted by atomic mass is 32.1. The number of aryl methyl sites for hydroxylation is 1. The normalized spacial score (nSPS) is 13.4. The van der Waals surface area contributed by atoms with Crippen LogP contribution in [0.3, 0.4) is 0 Å². The number of ether oxygens (including phenoxy) is 2. The molecule has 2 aromatic heterocycles. The third-order valence-electron chi connectivity index (χ3n) is 6.17. The number of thiophene rings is 1. The maximum atomic E-state index is 12.8. The molecule has 36 heavy (non-hydrogen) atoms. The number of hydrogen-bond acceptors (Lipinski definition) is 7. The molecule has 9 nitrogen and oxygen atoms in total. The average Bonchev–Trinajstić information content (AvgIpc) is 3.45. The molecule has 0 aliphatic carbocycles. The SMILES string of the molecule is COc1cccc([C@@H](C)CC(=O)Nc2sc3c(c2C#N)CCN(C(=O)OCCn2cnc(C)c2)C3)c1. The molecule has 1 atom stereocenters. The Morgan fingerprint density at radius 3 is 2.92 bits per heavy atom. The molecule has 1 N–H and O–H groups in total. The highest BCUT2D eigenvalue weighted by Crippen LogP contribution is 2.37. The van der Waals surface area contributed by atoms with Crippen molar-refractivity contribution in [2.75, 3.05) is 25.6 Å². The van der Waals surface area contributed by atoms with Gasteiger partial charge in [-0.05, 0) is 42.5 Å². The molecule has 0 unspecified atom stereocenters. The predicted octanol–water partition coefficient (Wildman–Crippen LogP) is 4.46. The number of aromatic nitrogens is 2. The maximum Gasteiger partial charge on any atom is 0.410 e. The van der Waals surface area contributed by atoms with E-state index in [9.17, 15) is 14.9 Å². The van der Waals surface area contributed by atoms with Gasteiger partial charge in [0.2, 0.25) is 5.91 Å². The van der Waals surface area contributed by atoms with Crippen LogP contribution in [0.2, 0.25) is 0 Å². The van der Waals surface area contributed by atoms with Crippen molar-refractivity contribution in [3.05, 3.63) is 64.1 Å². The van der Waals surface area contributed by atoms with Gasteiger partial charge in [0.05, 0.1) is 37.8 Å². The summed E-state index contributed by atoms with van der Waals surface area (Å²) in [5.74, 6) is 0.570. The second kappa shape index (κ2) is 11.3. The maximum absolute atomic E-state index is 12.8. The van der Waals surface area contributed by atoms with Gasteiger partial charge in [-0.3, -0.25) is 4.79 Å². The first kappa shape index (κ1) is 25.3. The minimum Gasteiger partial charge on any atom is -0.497 e. The van der Waals surface area contributed by atoms with Gasteiger partial charge in [-0.25, -0.2) is 9.78 Å². The molecule has 0 spiro atoms. The molecule has 1 aliphatic heterocycles. The molecule has 0 saturated carbocycles. The van der Waals surface area contributed by atoms with E-state index in [4.69, 9.17) is 9.47 Å². The van der Waals surface area contributed by atoms with Crippen LogP contribution in [-0.4, -0.2) is 46.7 Å². The van der Waals surface area contributed by atoms with Crippen molar-refractivity contribution in [1.82, 2.24) is 14.5 Å². The first-order valence-electron chi connectivity index (χ1n) is 11.8. The van der Waals surface area contributed by atoms with Crippen molar-refractivity contribution >= 4 is 28.3 Å². The second-order valence-corrected chi connectivity index (χ2v) is 9.89. The van der Waals surface area contributed by atoms with Crippen LogP contribution >= 0.6 is 11.3 Å². The first-order chi connectivity index (χ1) is 17.4. The van der Waals surface area contributed by atoms with E-state index < -0.39 is 0 Å². The van der Waals surface area contributed by atoms with Crippen LogP contribution in [0.15, 0.2) is 36.8 Å². The summed E-state index contributed by atoms with van der Waals surface area (Å²) >= 11 is 1.35. The quantitative estimate of drug-likeness (QED) is 0.482. The fraction of sp³-hybridized carbons (Fsp3) is 0.385.